The van der Waals surface area contributed by atoms with Crippen molar-refractivity contribution in [1.29, 1.82) is 0 Å². The fraction of sp³-hybridized carbons (Fsp3) is 0.280. The first-order valence-electron chi connectivity index (χ1n) is 10.7. The Labute approximate surface area is 202 Å². The normalized spacial score (nSPS) is 15.6. The zero-order chi connectivity index (χ0) is 24.5. The van der Waals surface area contributed by atoms with Crippen LogP contribution in [0, 0.1) is 11.8 Å². The van der Waals surface area contributed by atoms with E-state index >= 15 is 0 Å². The van der Waals surface area contributed by atoms with Crippen molar-refractivity contribution in [3.63, 3.8) is 0 Å². The topological polar surface area (TPSA) is 103 Å². The Morgan fingerprint density at radius 2 is 2.00 bits per heavy atom. The number of ether oxygens (including phenoxy) is 1. The lowest BCUT2D eigenvalue weighted by Crippen LogP contribution is -2.36. The molecule has 1 atom stereocenters. The second-order valence-electron chi connectivity index (χ2n) is 8.45. The Morgan fingerprint density at radius 3 is 2.68 bits per heavy atom. The van der Waals surface area contributed by atoms with Crippen molar-refractivity contribution in [2.75, 3.05) is 18.6 Å². The summed E-state index contributed by atoms with van der Waals surface area (Å²) in [5.74, 6) is 5.80. The highest BCUT2D eigenvalue weighted by Gasteiger charge is 2.34. The number of halogens is 1. The number of fused-ring (bicyclic) bond motifs is 1. The number of anilines is 1. The number of hydrogen-bond acceptors (Lipinski definition) is 5. The first-order valence-corrected chi connectivity index (χ1v) is 11.1. The van der Waals surface area contributed by atoms with Gasteiger partial charge in [-0.05, 0) is 37.6 Å². The molecule has 3 aromatic rings. The summed E-state index contributed by atoms with van der Waals surface area (Å²) in [7, 11) is 1.66. The summed E-state index contributed by atoms with van der Waals surface area (Å²) < 4.78 is 7.43. The third kappa shape index (κ3) is 5.05. The molecule has 0 saturated carbocycles. The molecule has 0 bridgehead atoms. The molecule has 2 heterocycles. The van der Waals surface area contributed by atoms with Gasteiger partial charge in [-0.25, -0.2) is 9.67 Å². The van der Waals surface area contributed by atoms with Crippen molar-refractivity contribution in [1.82, 2.24) is 14.8 Å². The summed E-state index contributed by atoms with van der Waals surface area (Å²) in [6.07, 6.45) is 0.371. The highest BCUT2D eigenvalue weighted by molar-refractivity contribution is 6.25. The minimum Gasteiger partial charge on any atom is -0.489 e. The van der Waals surface area contributed by atoms with E-state index in [-0.39, 0.29) is 18.3 Å². The first kappa shape index (κ1) is 23.3. The number of hydrogen-bond donors (Lipinski definition) is 1. The SMILES string of the molecule is CN1C(=O)[C@@H](n2nc(C(N)=O)nc2Cc2ccccc2)COc2ccc(C#CC(C)(C)Cl)cc21. The number of carbonyl (C=O) groups excluding carboxylic acids is 2. The van der Waals surface area contributed by atoms with Gasteiger partial charge in [0.15, 0.2) is 6.04 Å². The van der Waals surface area contributed by atoms with E-state index in [4.69, 9.17) is 22.1 Å². The van der Waals surface area contributed by atoms with E-state index in [9.17, 15) is 9.59 Å². The molecule has 34 heavy (non-hydrogen) atoms. The van der Waals surface area contributed by atoms with E-state index in [1.54, 1.807) is 33.0 Å². The van der Waals surface area contributed by atoms with Crippen LogP contribution in [0.25, 0.3) is 0 Å². The molecule has 1 aromatic heterocycles. The van der Waals surface area contributed by atoms with Gasteiger partial charge in [0.05, 0.1) is 10.6 Å². The largest absolute Gasteiger partial charge is 0.489 e. The lowest BCUT2D eigenvalue weighted by atomic mass is 10.1. The van der Waals surface area contributed by atoms with Crippen LogP contribution in [0.4, 0.5) is 5.69 Å². The van der Waals surface area contributed by atoms with Gasteiger partial charge >= 0.3 is 0 Å². The van der Waals surface area contributed by atoms with Crippen molar-refractivity contribution in [3.05, 3.63) is 71.3 Å². The molecule has 2 N–H and O–H groups in total. The molecule has 2 amide bonds. The molecule has 0 saturated heterocycles. The molecular formula is C25H24ClN5O3. The lowest BCUT2D eigenvalue weighted by Gasteiger charge is -2.21. The summed E-state index contributed by atoms with van der Waals surface area (Å²) in [5.41, 5.74) is 7.66. The molecule has 1 aliphatic rings. The fourth-order valence-corrected chi connectivity index (χ4v) is 3.61. The van der Waals surface area contributed by atoms with Crippen LogP contribution in [-0.4, -0.2) is 45.1 Å². The molecule has 2 aromatic carbocycles. The molecule has 0 radical (unpaired) electrons. The molecule has 9 heteroatoms. The van der Waals surface area contributed by atoms with Gasteiger partial charge < -0.3 is 15.4 Å². The Balaban J connectivity index is 1.69. The number of carbonyl (C=O) groups is 2. The van der Waals surface area contributed by atoms with Gasteiger partial charge in [0.25, 0.3) is 11.8 Å². The molecule has 8 nitrogen and oxygen atoms in total. The van der Waals surface area contributed by atoms with Gasteiger partial charge in [0.2, 0.25) is 5.82 Å². The number of primary amides is 1. The maximum atomic E-state index is 13.5. The van der Waals surface area contributed by atoms with E-state index in [0.717, 1.165) is 5.56 Å². The number of nitrogens with two attached hydrogens (primary N) is 1. The third-order valence-corrected chi connectivity index (χ3v) is 5.35. The summed E-state index contributed by atoms with van der Waals surface area (Å²) in [6, 6.07) is 14.1. The zero-order valence-electron chi connectivity index (χ0n) is 19.1. The number of benzene rings is 2. The van der Waals surface area contributed by atoms with E-state index in [0.29, 0.717) is 29.2 Å². The molecular weight excluding hydrogens is 454 g/mol. The molecule has 0 spiro atoms. The van der Waals surface area contributed by atoms with E-state index in [1.807, 2.05) is 36.4 Å². The zero-order valence-corrected chi connectivity index (χ0v) is 19.8. The van der Waals surface area contributed by atoms with Crippen LogP contribution in [-0.2, 0) is 11.2 Å². The Hall–Kier alpha value is -3.83. The minimum absolute atomic E-state index is 0.0132. The minimum atomic E-state index is -0.840. The van der Waals surface area contributed by atoms with E-state index in [2.05, 4.69) is 21.9 Å². The predicted octanol–water partition coefficient (Wildman–Crippen LogP) is 2.93. The molecule has 0 fully saturated rings. The van der Waals surface area contributed by atoms with E-state index < -0.39 is 16.8 Å². The van der Waals surface area contributed by atoms with Crippen LogP contribution in [0.3, 0.4) is 0 Å². The maximum Gasteiger partial charge on any atom is 0.288 e. The van der Waals surface area contributed by atoms with Gasteiger partial charge in [-0.15, -0.1) is 16.7 Å². The second kappa shape index (κ2) is 9.20. The average molecular weight is 478 g/mol. The van der Waals surface area contributed by atoms with Gasteiger partial charge in [0, 0.05) is 19.0 Å². The smallest absolute Gasteiger partial charge is 0.288 e. The van der Waals surface area contributed by atoms with Gasteiger partial charge in [-0.1, -0.05) is 42.2 Å². The Kier molecular flexibility index (Phi) is 6.31. The van der Waals surface area contributed by atoms with Gasteiger partial charge in [0.1, 0.15) is 18.2 Å². The molecule has 4 rings (SSSR count). The van der Waals surface area contributed by atoms with Crippen LogP contribution in [0.1, 0.15) is 47.5 Å². The quantitative estimate of drug-likeness (QED) is 0.459. The summed E-state index contributed by atoms with van der Waals surface area (Å²) in [4.78, 5) is 30.4. The van der Waals surface area contributed by atoms with E-state index in [1.165, 1.54) is 9.58 Å². The fourth-order valence-electron chi connectivity index (χ4n) is 3.57. The third-order valence-electron chi connectivity index (χ3n) is 5.26. The molecule has 0 aliphatic carbocycles. The van der Waals surface area contributed by atoms with Gasteiger partial charge in [-0.2, -0.15) is 0 Å². The lowest BCUT2D eigenvalue weighted by molar-refractivity contribution is -0.122. The number of alkyl halides is 1. The number of aromatic nitrogens is 3. The van der Waals surface area contributed by atoms with Crippen molar-refractivity contribution in [2.45, 2.75) is 31.2 Å². The molecule has 1 aliphatic heterocycles. The van der Waals surface area contributed by atoms with Crippen molar-refractivity contribution < 1.29 is 14.3 Å². The van der Waals surface area contributed by atoms with Crippen molar-refractivity contribution >= 4 is 29.1 Å². The first-order chi connectivity index (χ1) is 16.1. The Morgan fingerprint density at radius 1 is 1.26 bits per heavy atom. The number of rotatable bonds is 4. The second-order valence-corrected chi connectivity index (χ2v) is 9.40. The number of amides is 2. The number of nitrogens with zero attached hydrogens (tertiary/aromatic N) is 4. The highest BCUT2D eigenvalue weighted by atomic mass is 35.5. The Bertz CT molecular complexity index is 1300. The van der Waals surface area contributed by atoms with Crippen LogP contribution in [0.2, 0.25) is 0 Å². The van der Waals surface area contributed by atoms with Crippen molar-refractivity contribution in [2.24, 2.45) is 5.73 Å². The molecule has 0 unspecified atom stereocenters. The molecule has 174 valence electrons. The van der Waals surface area contributed by atoms with Crippen LogP contribution in [0.15, 0.2) is 48.5 Å². The average Bonchev–Trinajstić information content (AvgIpc) is 3.16. The monoisotopic (exact) mass is 477 g/mol. The summed E-state index contributed by atoms with van der Waals surface area (Å²) >= 11 is 6.18. The van der Waals surface area contributed by atoms with Crippen LogP contribution < -0.4 is 15.4 Å². The summed E-state index contributed by atoms with van der Waals surface area (Å²) in [6.45, 7) is 3.62. The summed E-state index contributed by atoms with van der Waals surface area (Å²) in [5, 5.41) is 4.26. The predicted molar refractivity (Wildman–Crippen MR) is 129 cm³/mol. The van der Waals surface area contributed by atoms with Gasteiger partial charge in [-0.3, -0.25) is 9.59 Å². The highest BCUT2D eigenvalue weighted by Crippen LogP contribution is 2.34. The number of likely N-dealkylation sites (N-methyl/N-ethyl adjacent to an activating group) is 1. The van der Waals surface area contributed by atoms with Crippen LogP contribution in [0.5, 0.6) is 5.75 Å². The van der Waals surface area contributed by atoms with Crippen molar-refractivity contribution in [3.8, 4) is 17.6 Å². The maximum absolute atomic E-state index is 13.5. The van der Waals surface area contributed by atoms with Crippen LogP contribution >= 0.6 is 11.6 Å². The standard InChI is InChI=1S/C25H24ClN5O3/c1-25(2,26)12-11-17-9-10-20-18(13-17)30(3)24(33)19(15-34-20)31-21(28-23(29-31)22(27)32)14-16-7-5-4-6-8-16/h4-10,13,19H,14-15H2,1-3H3,(H2,27,32)/t19-/m0/s1.